The summed E-state index contributed by atoms with van der Waals surface area (Å²) >= 11 is 1.56. The highest BCUT2D eigenvalue weighted by molar-refractivity contribution is 7.13. The predicted molar refractivity (Wildman–Crippen MR) is 71.7 cm³/mol. The third kappa shape index (κ3) is 2.84. The van der Waals surface area contributed by atoms with Gasteiger partial charge in [-0.3, -0.25) is 4.79 Å². The molecule has 0 radical (unpaired) electrons. The van der Waals surface area contributed by atoms with E-state index in [9.17, 15) is 4.79 Å². The summed E-state index contributed by atoms with van der Waals surface area (Å²) in [6.45, 7) is 1.78. The van der Waals surface area contributed by atoms with E-state index in [4.69, 9.17) is 4.42 Å². The second kappa shape index (κ2) is 5.52. The zero-order valence-corrected chi connectivity index (χ0v) is 11.4. The summed E-state index contributed by atoms with van der Waals surface area (Å²) in [5.41, 5.74) is 0. The van der Waals surface area contributed by atoms with E-state index in [0.717, 1.165) is 30.8 Å². The highest BCUT2D eigenvalue weighted by atomic mass is 32.1. The number of hydrogen-bond donors (Lipinski definition) is 0. The van der Waals surface area contributed by atoms with Gasteiger partial charge in [-0.15, -0.1) is 21.5 Å². The Morgan fingerprint density at radius 1 is 1.37 bits per heavy atom. The van der Waals surface area contributed by atoms with Gasteiger partial charge in [-0.25, -0.2) is 0 Å². The van der Waals surface area contributed by atoms with Gasteiger partial charge in [0.2, 0.25) is 11.8 Å². The van der Waals surface area contributed by atoms with Crippen molar-refractivity contribution in [2.75, 3.05) is 13.1 Å². The molecule has 3 rings (SSSR count). The third-order valence-corrected chi connectivity index (χ3v) is 4.07. The van der Waals surface area contributed by atoms with Crippen LogP contribution in [0.2, 0.25) is 0 Å². The molecule has 0 N–H and O–H groups in total. The maximum absolute atomic E-state index is 11.9. The smallest absolute Gasteiger partial charge is 0.257 e. The van der Waals surface area contributed by atoms with Gasteiger partial charge in [0, 0.05) is 25.9 Å². The van der Waals surface area contributed by atoms with Crippen molar-refractivity contribution in [3.63, 3.8) is 0 Å². The van der Waals surface area contributed by atoms with Crippen LogP contribution in [0.3, 0.4) is 0 Å². The maximum atomic E-state index is 11.9. The predicted octanol–water partition coefficient (Wildman–Crippen LogP) is 2.35. The lowest BCUT2D eigenvalue weighted by atomic mass is 10.3. The number of rotatable bonds is 4. The number of thiophene rings is 1. The quantitative estimate of drug-likeness (QED) is 0.860. The highest BCUT2D eigenvalue weighted by Gasteiger charge is 2.18. The molecule has 100 valence electrons. The molecule has 0 unspecified atom stereocenters. The van der Waals surface area contributed by atoms with Crippen LogP contribution in [0.25, 0.3) is 10.8 Å². The standard InChI is InChI=1S/C13H15N3O2S/c17-12(16-7-1-2-8-16)6-5-11-14-15-13(18-11)10-4-3-9-19-10/h3-4,9H,1-2,5-8H2. The van der Waals surface area contributed by atoms with Crippen LogP contribution in [-0.2, 0) is 11.2 Å². The van der Waals surface area contributed by atoms with E-state index in [1.54, 1.807) is 11.3 Å². The zero-order chi connectivity index (χ0) is 13.1. The van der Waals surface area contributed by atoms with Crippen molar-refractivity contribution in [1.82, 2.24) is 15.1 Å². The number of hydrogen-bond acceptors (Lipinski definition) is 5. The molecular formula is C13H15N3O2S. The molecule has 1 aliphatic heterocycles. The van der Waals surface area contributed by atoms with Gasteiger partial charge in [-0.2, -0.15) is 0 Å². The van der Waals surface area contributed by atoms with Crippen molar-refractivity contribution in [3.8, 4) is 10.8 Å². The Balaban J connectivity index is 1.57. The summed E-state index contributed by atoms with van der Waals surface area (Å²) in [5.74, 6) is 1.27. The molecule has 2 aromatic heterocycles. The Kier molecular flexibility index (Phi) is 3.59. The van der Waals surface area contributed by atoms with E-state index in [1.165, 1.54) is 0 Å². The number of nitrogens with zero attached hydrogens (tertiary/aromatic N) is 3. The molecule has 1 amide bonds. The molecule has 19 heavy (non-hydrogen) atoms. The molecular weight excluding hydrogens is 262 g/mol. The van der Waals surface area contributed by atoms with Crippen LogP contribution in [0.15, 0.2) is 21.9 Å². The minimum Gasteiger partial charge on any atom is -0.420 e. The van der Waals surface area contributed by atoms with Gasteiger partial charge in [-0.05, 0) is 24.3 Å². The molecule has 0 aliphatic carbocycles. The van der Waals surface area contributed by atoms with Crippen LogP contribution < -0.4 is 0 Å². The highest BCUT2D eigenvalue weighted by Crippen LogP contribution is 2.23. The summed E-state index contributed by atoms with van der Waals surface area (Å²) in [4.78, 5) is 14.8. The van der Waals surface area contributed by atoms with Crippen molar-refractivity contribution in [2.45, 2.75) is 25.7 Å². The van der Waals surface area contributed by atoms with E-state index in [-0.39, 0.29) is 5.91 Å². The first kappa shape index (κ1) is 12.3. The van der Waals surface area contributed by atoms with Crippen molar-refractivity contribution < 1.29 is 9.21 Å². The topological polar surface area (TPSA) is 59.2 Å². The second-order valence-electron chi connectivity index (χ2n) is 4.57. The van der Waals surface area contributed by atoms with Crippen LogP contribution in [-0.4, -0.2) is 34.1 Å². The van der Waals surface area contributed by atoms with Gasteiger partial charge in [0.05, 0.1) is 4.88 Å². The van der Waals surface area contributed by atoms with Crippen LogP contribution >= 0.6 is 11.3 Å². The number of aryl methyl sites for hydroxylation is 1. The third-order valence-electron chi connectivity index (χ3n) is 3.21. The lowest BCUT2D eigenvalue weighted by Crippen LogP contribution is -2.27. The van der Waals surface area contributed by atoms with Crippen LogP contribution in [0.1, 0.15) is 25.2 Å². The Morgan fingerprint density at radius 3 is 2.95 bits per heavy atom. The van der Waals surface area contributed by atoms with Gasteiger partial charge < -0.3 is 9.32 Å². The average Bonchev–Trinajstić information content (AvgIpc) is 3.14. The number of aromatic nitrogens is 2. The number of likely N-dealkylation sites (tertiary alicyclic amines) is 1. The van der Waals surface area contributed by atoms with Crippen molar-refractivity contribution in [1.29, 1.82) is 0 Å². The van der Waals surface area contributed by atoms with E-state index < -0.39 is 0 Å². The minimum atomic E-state index is 0.188. The van der Waals surface area contributed by atoms with Gasteiger partial charge >= 0.3 is 0 Å². The van der Waals surface area contributed by atoms with Crippen molar-refractivity contribution >= 4 is 17.2 Å². The second-order valence-corrected chi connectivity index (χ2v) is 5.51. The fraction of sp³-hybridized carbons (Fsp3) is 0.462. The summed E-state index contributed by atoms with van der Waals surface area (Å²) < 4.78 is 5.56. The number of amides is 1. The number of carbonyl (C=O) groups excluding carboxylic acids is 1. The Hall–Kier alpha value is -1.69. The number of carbonyl (C=O) groups is 1. The average molecular weight is 277 g/mol. The van der Waals surface area contributed by atoms with Gasteiger partial charge in [0.25, 0.3) is 5.89 Å². The van der Waals surface area contributed by atoms with Crippen molar-refractivity contribution in [2.24, 2.45) is 0 Å². The molecule has 0 bridgehead atoms. The Morgan fingerprint density at radius 2 is 2.21 bits per heavy atom. The lowest BCUT2D eigenvalue weighted by molar-refractivity contribution is -0.130. The lowest BCUT2D eigenvalue weighted by Gasteiger charge is -2.13. The molecule has 0 spiro atoms. The molecule has 1 saturated heterocycles. The SMILES string of the molecule is O=C(CCc1nnc(-c2cccs2)o1)N1CCCC1. The normalized spacial score (nSPS) is 15.1. The zero-order valence-electron chi connectivity index (χ0n) is 10.5. The fourth-order valence-electron chi connectivity index (χ4n) is 2.19. The van der Waals surface area contributed by atoms with Crippen LogP contribution in [0, 0.1) is 0 Å². The van der Waals surface area contributed by atoms with E-state index in [0.29, 0.717) is 24.6 Å². The summed E-state index contributed by atoms with van der Waals surface area (Å²) in [6, 6.07) is 3.89. The molecule has 1 fully saturated rings. The molecule has 6 heteroatoms. The molecule has 0 aromatic carbocycles. The first-order valence-corrected chi connectivity index (χ1v) is 7.35. The minimum absolute atomic E-state index is 0.188. The molecule has 0 saturated carbocycles. The Labute approximate surface area is 115 Å². The maximum Gasteiger partial charge on any atom is 0.257 e. The Bertz CT molecular complexity index is 544. The van der Waals surface area contributed by atoms with E-state index in [1.807, 2.05) is 22.4 Å². The van der Waals surface area contributed by atoms with Crippen molar-refractivity contribution in [3.05, 3.63) is 23.4 Å². The van der Waals surface area contributed by atoms with Gasteiger partial charge in [0.15, 0.2) is 0 Å². The largest absolute Gasteiger partial charge is 0.420 e. The molecule has 5 nitrogen and oxygen atoms in total. The van der Waals surface area contributed by atoms with Gasteiger partial charge in [-0.1, -0.05) is 6.07 Å². The van der Waals surface area contributed by atoms with E-state index >= 15 is 0 Å². The molecule has 2 aromatic rings. The molecule has 3 heterocycles. The summed E-state index contributed by atoms with van der Waals surface area (Å²) in [7, 11) is 0. The first-order valence-electron chi connectivity index (χ1n) is 6.47. The molecule has 1 aliphatic rings. The summed E-state index contributed by atoms with van der Waals surface area (Å²) in [5, 5.41) is 9.96. The first-order chi connectivity index (χ1) is 9.33. The van der Waals surface area contributed by atoms with Gasteiger partial charge in [0.1, 0.15) is 0 Å². The van der Waals surface area contributed by atoms with E-state index in [2.05, 4.69) is 10.2 Å². The molecule has 0 atom stereocenters. The summed E-state index contributed by atoms with van der Waals surface area (Å²) in [6.07, 6.45) is 3.21. The monoisotopic (exact) mass is 277 g/mol. The van der Waals surface area contributed by atoms with Crippen LogP contribution in [0.5, 0.6) is 0 Å². The fourth-order valence-corrected chi connectivity index (χ4v) is 2.84. The van der Waals surface area contributed by atoms with Crippen LogP contribution in [0.4, 0.5) is 0 Å².